The second-order valence-electron chi connectivity index (χ2n) is 24.6. The molecule has 0 radical (unpaired) electrons. The third-order valence-electron chi connectivity index (χ3n) is 16.8. The predicted molar refractivity (Wildman–Crippen MR) is 338 cm³/mol. The number of hydrogen-bond donors (Lipinski definition) is 3. The van der Waals surface area contributed by atoms with E-state index < -0.39 is 12.1 Å². The number of rotatable bonds is 67. The zero-order valence-corrected chi connectivity index (χ0v) is 52.5. The summed E-state index contributed by atoms with van der Waals surface area (Å²) in [5, 5.41) is 23.1. The summed E-state index contributed by atoms with van der Waals surface area (Å²) in [7, 11) is 0. The van der Waals surface area contributed by atoms with Crippen LogP contribution in [-0.4, -0.2) is 47.4 Å². The van der Waals surface area contributed by atoms with Gasteiger partial charge in [-0.05, 0) is 32.1 Å². The van der Waals surface area contributed by atoms with E-state index in [-0.39, 0.29) is 18.5 Å². The van der Waals surface area contributed by atoms with Gasteiger partial charge in [-0.1, -0.05) is 373 Å². The largest absolute Gasteiger partial charge is 0.466 e. The first kappa shape index (κ1) is 75.6. The first-order valence-electron chi connectivity index (χ1n) is 35.5. The van der Waals surface area contributed by atoms with Crippen molar-refractivity contribution >= 4 is 11.9 Å². The maximum absolute atomic E-state index is 12.5. The van der Waals surface area contributed by atoms with Gasteiger partial charge in [0.2, 0.25) is 5.91 Å². The highest BCUT2D eigenvalue weighted by Gasteiger charge is 2.18. The summed E-state index contributed by atoms with van der Waals surface area (Å²) >= 11 is 0. The van der Waals surface area contributed by atoms with Crippen molar-refractivity contribution in [2.24, 2.45) is 0 Å². The van der Waals surface area contributed by atoms with Crippen molar-refractivity contribution in [1.29, 1.82) is 0 Å². The lowest BCUT2D eigenvalue weighted by atomic mass is 10.0. The Morgan fingerprint density at radius 1 is 0.351 bits per heavy atom. The van der Waals surface area contributed by atoms with Gasteiger partial charge in [-0.25, -0.2) is 0 Å². The van der Waals surface area contributed by atoms with Gasteiger partial charge in [0.15, 0.2) is 0 Å². The molecule has 0 aliphatic rings. The minimum absolute atomic E-state index is 0.0241. The lowest BCUT2D eigenvalue weighted by Gasteiger charge is -2.20. The molecule has 0 fully saturated rings. The summed E-state index contributed by atoms with van der Waals surface area (Å²) in [6.45, 7) is 4.95. The highest BCUT2D eigenvalue weighted by molar-refractivity contribution is 5.76. The molecule has 3 N–H and O–H groups in total. The molecule has 0 saturated heterocycles. The molecular formula is C71H139NO5. The molecule has 2 unspecified atom stereocenters. The zero-order valence-electron chi connectivity index (χ0n) is 52.5. The van der Waals surface area contributed by atoms with Gasteiger partial charge in [-0.3, -0.25) is 9.59 Å². The second kappa shape index (κ2) is 67.1. The Morgan fingerprint density at radius 3 is 0.883 bits per heavy atom. The molecule has 0 spiro atoms. The van der Waals surface area contributed by atoms with Crippen molar-refractivity contribution in [3.8, 4) is 0 Å². The van der Waals surface area contributed by atoms with Crippen LogP contribution in [0.1, 0.15) is 406 Å². The molecule has 0 aromatic heterocycles. The third-order valence-corrected chi connectivity index (χ3v) is 16.8. The van der Waals surface area contributed by atoms with E-state index in [1.807, 2.05) is 6.08 Å². The molecule has 0 aliphatic carbocycles. The van der Waals surface area contributed by atoms with Crippen LogP contribution in [0.25, 0.3) is 0 Å². The van der Waals surface area contributed by atoms with Crippen LogP contribution in [0.4, 0.5) is 0 Å². The molecule has 458 valence electrons. The molecular weight excluding hydrogens is 947 g/mol. The lowest BCUT2D eigenvalue weighted by molar-refractivity contribution is -0.143. The maximum Gasteiger partial charge on any atom is 0.305 e. The van der Waals surface area contributed by atoms with Crippen LogP contribution in [-0.2, 0) is 14.3 Å². The first-order valence-corrected chi connectivity index (χ1v) is 35.5. The van der Waals surface area contributed by atoms with Crippen molar-refractivity contribution in [2.45, 2.75) is 418 Å². The molecule has 0 rings (SSSR count). The molecule has 6 heteroatoms. The molecule has 0 aromatic rings. The van der Waals surface area contributed by atoms with Gasteiger partial charge in [0.05, 0.1) is 25.4 Å². The van der Waals surface area contributed by atoms with Crippen molar-refractivity contribution in [3.63, 3.8) is 0 Å². The van der Waals surface area contributed by atoms with Crippen LogP contribution < -0.4 is 5.32 Å². The van der Waals surface area contributed by atoms with Gasteiger partial charge in [0.25, 0.3) is 0 Å². The van der Waals surface area contributed by atoms with E-state index >= 15 is 0 Å². The zero-order chi connectivity index (χ0) is 55.7. The van der Waals surface area contributed by atoms with Gasteiger partial charge in [0, 0.05) is 12.8 Å². The van der Waals surface area contributed by atoms with E-state index in [4.69, 9.17) is 4.74 Å². The van der Waals surface area contributed by atoms with Crippen LogP contribution in [0.3, 0.4) is 0 Å². The van der Waals surface area contributed by atoms with Gasteiger partial charge in [0.1, 0.15) is 0 Å². The fraction of sp³-hybridized carbons (Fsp3) is 0.944. The average molecular weight is 1090 g/mol. The van der Waals surface area contributed by atoms with Gasteiger partial charge in [-0.2, -0.15) is 0 Å². The number of allylic oxidation sites excluding steroid dienone is 1. The SMILES string of the molecule is CCCCCCCCCCCCCC/C=C/C(O)C(CO)NC(=O)CCCCCCCCCCCCCCCCCCCCCCCCCCCCCCCCOC(=O)CCCCCCCCCCCCCCCCCC. The Morgan fingerprint density at radius 2 is 0.597 bits per heavy atom. The van der Waals surface area contributed by atoms with E-state index in [1.165, 1.54) is 340 Å². The number of hydrogen-bond acceptors (Lipinski definition) is 5. The fourth-order valence-electron chi connectivity index (χ4n) is 11.4. The number of ether oxygens (including phenoxy) is 1. The number of nitrogens with one attached hydrogen (secondary N) is 1. The van der Waals surface area contributed by atoms with Crippen LogP contribution >= 0.6 is 0 Å². The number of carbonyl (C=O) groups excluding carboxylic acids is 2. The van der Waals surface area contributed by atoms with Crippen molar-refractivity contribution in [3.05, 3.63) is 12.2 Å². The Bertz CT molecular complexity index is 1160. The number of amides is 1. The van der Waals surface area contributed by atoms with Gasteiger partial charge in [-0.15, -0.1) is 0 Å². The van der Waals surface area contributed by atoms with E-state index in [1.54, 1.807) is 6.08 Å². The molecule has 77 heavy (non-hydrogen) atoms. The number of aliphatic hydroxyl groups is 2. The van der Waals surface area contributed by atoms with Crippen molar-refractivity contribution in [2.75, 3.05) is 13.2 Å². The van der Waals surface area contributed by atoms with Crippen LogP contribution in [0.2, 0.25) is 0 Å². The summed E-state index contributed by atoms with van der Waals surface area (Å²) in [5.74, 6) is -0.0374. The van der Waals surface area contributed by atoms with E-state index in [0.29, 0.717) is 19.4 Å². The predicted octanol–water partition coefficient (Wildman–Crippen LogP) is 22.8. The molecule has 6 nitrogen and oxygen atoms in total. The Labute approximate surface area is 482 Å². The van der Waals surface area contributed by atoms with Crippen LogP contribution in [0.5, 0.6) is 0 Å². The summed E-state index contributed by atoms with van der Waals surface area (Å²) in [4.78, 5) is 24.6. The van der Waals surface area contributed by atoms with E-state index in [2.05, 4.69) is 19.2 Å². The Balaban J connectivity index is 3.32. The normalized spacial score (nSPS) is 12.5. The number of esters is 1. The molecule has 0 bridgehead atoms. The van der Waals surface area contributed by atoms with E-state index in [0.717, 1.165) is 38.5 Å². The lowest BCUT2D eigenvalue weighted by Crippen LogP contribution is -2.45. The van der Waals surface area contributed by atoms with Crippen LogP contribution in [0.15, 0.2) is 12.2 Å². The minimum atomic E-state index is -0.840. The third kappa shape index (κ3) is 63.6. The molecule has 0 aromatic carbocycles. The number of aliphatic hydroxyl groups excluding tert-OH is 2. The molecule has 0 saturated carbocycles. The van der Waals surface area contributed by atoms with Crippen molar-refractivity contribution < 1.29 is 24.5 Å². The standard InChI is InChI=1S/C71H139NO5/c1-3-5-7-9-11-13-15-17-19-37-41-45-49-53-57-61-65-71(76)77-66-62-58-54-50-46-42-38-35-33-31-29-27-25-23-21-20-22-24-26-28-30-32-34-36-40-44-48-52-56-60-64-70(75)72-68(67-73)69(74)63-59-55-51-47-43-39-18-16-14-12-10-8-6-4-2/h59,63,68-69,73-74H,3-58,60-62,64-67H2,1-2H3,(H,72,75)/b63-59+. The molecule has 2 atom stereocenters. The van der Waals surface area contributed by atoms with Gasteiger partial charge >= 0.3 is 5.97 Å². The molecule has 0 aliphatic heterocycles. The fourth-order valence-corrected chi connectivity index (χ4v) is 11.4. The summed E-state index contributed by atoms with van der Waals surface area (Å²) in [6.07, 6.45) is 83.0. The number of unbranched alkanes of at least 4 members (excludes halogenated alkanes) is 56. The van der Waals surface area contributed by atoms with E-state index in [9.17, 15) is 19.8 Å². The molecule has 0 heterocycles. The average Bonchev–Trinajstić information content (AvgIpc) is 3.43. The first-order chi connectivity index (χ1) is 38.0. The summed E-state index contributed by atoms with van der Waals surface area (Å²) < 4.78 is 5.51. The Hall–Kier alpha value is -1.40. The highest BCUT2D eigenvalue weighted by Crippen LogP contribution is 2.19. The van der Waals surface area contributed by atoms with Gasteiger partial charge < -0.3 is 20.3 Å². The van der Waals surface area contributed by atoms with Crippen LogP contribution in [0, 0.1) is 0 Å². The second-order valence-corrected chi connectivity index (χ2v) is 24.6. The maximum atomic E-state index is 12.5. The monoisotopic (exact) mass is 1090 g/mol. The smallest absolute Gasteiger partial charge is 0.305 e. The summed E-state index contributed by atoms with van der Waals surface area (Å²) in [6, 6.07) is -0.623. The topological polar surface area (TPSA) is 95.9 Å². The Kier molecular flexibility index (Phi) is 65.9. The number of carbonyl (C=O) groups is 2. The van der Waals surface area contributed by atoms with Crippen molar-refractivity contribution in [1.82, 2.24) is 5.32 Å². The quantitative estimate of drug-likeness (QED) is 0.0320. The highest BCUT2D eigenvalue weighted by atomic mass is 16.5. The summed E-state index contributed by atoms with van der Waals surface area (Å²) in [5.41, 5.74) is 0. The minimum Gasteiger partial charge on any atom is -0.466 e. The molecule has 1 amide bonds.